The van der Waals surface area contributed by atoms with E-state index in [1.54, 1.807) is 0 Å². The molecule has 1 aromatic heterocycles. The molecule has 0 radical (unpaired) electrons. The van der Waals surface area contributed by atoms with Crippen molar-refractivity contribution in [3.8, 4) is 33.4 Å². The van der Waals surface area contributed by atoms with E-state index in [1.807, 2.05) is 11.3 Å². The molecule has 7 rings (SSSR count). The van der Waals surface area contributed by atoms with Gasteiger partial charge in [0.2, 0.25) is 0 Å². The Morgan fingerprint density at radius 1 is 0.462 bits per heavy atom. The van der Waals surface area contributed by atoms with E-state index in [0.717, 1.165) is 15.8 Å². The minimum Gasteiger partial charge on any atom is -0.355 e. The van der Waals surface area contributed by atoms with Crippen LogP contribution in [0.1, 0.15) is 0 Å². The second-order valence-corrected chi connectivity index (χ2v) is 11.6. The van der Waals surface area contributed by atoms with Crippen LogP contribution < -0.4 is 5.32 Å². The van der Waals surface area contributed by atoms with Gasteiger partial charge in [-0.05, 0) is 70.3 Å². The second-order valence-electron chi connectivity index (χ2n) is 9.61. The molecule has 1 N–H and O–H groups in total. The summed E-state index contributed by atoms with van der Waals surface area (Å²) >= 11 is 5.40. The molecule has 0 fully saturated rings. The number of rotatable bonds is 5. The standard InChI is InChI=1S/C36H24BrNS/c37-29-18-14-26(15-19-29)25-10-12-28(13-11-25)35-32(22-23-34-36(35)31-8-4-5-9-33(31)39-34)38-30-20-16-27(17-21-30)24-6-2-1-3-7-24/h1-23,38H. The Balaban J connectivity index is 1.33. The minimum absolute atomic E-state index is 1.07. The van der Waals surface area contributed by atoms with E-state index in [4.69, 9.17) is 0 Å². The van der Waals surface area contributed by atoms with Crippen LogP contribution in [0.15, 0.2) is 144 Å². The molecule has 0 bridgehead atoms. The van der Waals surface area contributed by atoms with Gasteiger partial charge in [0.15, 0.2) is 0 Å². The largest absolute Gasteiger partial charge is 0.355 e. The molecule has 0 aliphatic heterocycles. The van der Waals surface area contributed by atoms with E-state index in [-0.39, 0.29) is 0 Å². The molecular formula is C36H24BrNS. The minimum atomic E-state index is 1.07. The monoisotopic (exact) mass is 581 g/mol. The maximum absolute atomic E-state index is 3.75. The van der Waals surface area contributed by atoms with Gasteiger partial charge in [0, 0.05) is 41.6 Å². The summed E-state index contributed by atoms with van der Waals surface area (Å²) in [6.45, 7) is 0. The van der Waals surface area contributed by atoms with Crippen molar-refractivity contribution in [3.63, 3.8) is 0 Å². The molecule has 0 amide bonds. The Morgan fingerprint density at radius 2 is 1.03 bits per heavy atom. The van der Waals surface area contributed by atoms with Gasteiger partial charge in [0.25, 0.3) is 0 Å². The van der Waals surface area contributed by atoms with Crippen LogP contribution in [0.5, 0.6) is 0 Å². The van der Waals surface area contributed by atoms with Gasteiger partial charge in [-0.25, -0.2) is 0 Å². The maximum Gasteiger partial charge on any atom is 0.0471 e. The lowest BCUT2D eigenvalue weighted by molar-refractivity contribution is 1.54. The van der Waals surface area contributed by atoms with Gasteiger partial charge in [-0.3, -0.25) is 0 Å². The molecule has 3 heteroatoms. The van der Waals surface area contributed by atoms with Crippen LogP contribution in [-0.4, -0.2) is 0 Å². The number of hydrogen-bond donors (Lipinski definition) is 1. The molecule has 0 atom stereocenters. The molecule has 0 saturated heterocycles. The molecule has 0 aliphatic rings. The van der Waals surface area contributed by atoms with Crippen LogP contribution in [0.4, 0.5) is 11.4 Å². The molecule has 0 unspecified atom stereocenters. The molecule has 0 saturated carbocycles. The fourth-order valence-corrected chi connectivity index (χ4v) is 6.60. The van der Waals surface area contributed by atoms with Crippen molar-refractivity contribution in [1.29, 1.82) is 0 Å². The van der Waals surface area contributed by atoms with Gasteiger partial charge in [-0.2, -0.15) is 0 Å². The smallest absolute Gasteiger partial charge is 0.0471 e. The third-order valence-electron chi connectivity index (χ3n) is 7.17. The summed E-state index contributed by atoms with van der Waals surface area (Å²) in [5.74, 6) is 0. The van der Waals surface area contributed by atoms with Gasteiger partial charge in [0.05, 0.1) is 0 Å². The predicted molar refractivity (Wildman–Crippen MR) is 173 cm³/mol. The molecule has 39 heavy (non-hydrogen) atoms. The third kappa shape index (κ3) is 4.65. The molecule has 1 heterocycles. The zero-order valence-electron chi connectivity index (χ0n) is 21.1. The highest BCUT2D eigenvalue weighted by Crippen LogP contribution is 2.44. The Kier molecular flexibility index (Phi) is 6.24. The van der Waals surface area contributed by atoms with Gasteiger partial charge >= 0.3 is 0 Å². The lowest BCUT2D eigenvalue weighted by Gasteiger charge is -2.15. The average molecular weight is 583 g/mol. The highest BCUT2D eigenvalue weighted by molar-refractivity contribution is 9.10. The summed E-state index contributed by atoms with van der Waals surface area (Å²) < 4.78 is 3.70. The molecular weight excluding hydrogens is 558 g/mol. The quantitative estimate of drug-likeness (QED) is 0.213. The van der Waals surface area contributed by atoms with E-state index >= 15 is 0 Å². The van der Waals surface area contributed by atoms with Gasteiger partial charge in [-0.1, -0.05) is 113 Å². The predicted octanol–water partition coefficient (Wildman–Crippen LogP) is 11.6. The molecule has 186 valence electrons. The number of anilines is 2. The molecule has 7 aromatic rings. The van der Waals surface area contributed by atoms with Crippen molar-refractivity contribution in [2.45, 2.75) is 0 Å². The fraction of sp³-hybridized carbons (Fsp3) is 0. The Hall–Kier alpha value is -4.18. The Bertz CT molecular complexity index is 1900. The summed E-state index contributed by atoms with van der Waals surface area (Å²) in [5, 5.41) is 6.35. The van der Waals surface area contributed by atoms with E-state index in [9.17, 15) is 0 Å². The van der Waals surface area contributed by atoms with Crippen LogP contribution in [0.25, 0.3) is 53.6 Å². The first-order valence-electron chi connectivity index (χ1n) is 13.0. The first kappa shape index (κ1) is 23.9. The molecule has 0 spiro atoms. The van der Waals surface area contributed by atoms with E-state index in [2.05, 4.69) is 161 Å². The number of halogens is 1. The molecule has 1 nitrogen and oxygen atoms in total. The number of hydrogen-bond acceptors (Lipinski definition) is 2. The average Bonchev–Trinajstić information content (AvgIpc) is 3.37. The van der Waals surface area contributed by atoms with E-state index in [1.165, 1.54) is 53.6 Å². The van der Waals surface area contributed by atoms with E-state index < -0.39 is 0 Å². The number of benzene rings is 6. The SMILES string of the molecule is Brc1ccc(-c2ccc(-c3c(Nc4ccc(-c5ccccc5)cc4)ccc4sc5ccccc5c34)cc2)cc1. The molecule has 6 aromatic carbocycles. The molecule has 0 aliphatic carbocycles. The normalized spacial score (nSPS) is 11.2. The van der Waals surface area contributed by atoms with Crippen molar-refractivity contribution in [2.24, 2.45) is 0 Å². The van der Waals surface area contributed by atoms with Crippen molar-refractivity contribution in [3.05, 3.63) is 144 Å². The summed E-state index contributed by atoms with van der Waals surface area (Å²) in [4.78, 5) is 0. The van der Waals surface area contributed by atoms with Gasteiger partial charge in [-0.15, -0.1) is 11.3 Å². The Morgan fingerprint density at radius 3 is 1.74 bits per heavy atom. The van der Waals surface area contributed by atoms with Gasteiger partial charge in [0.1, 0.15) is 0 Å². The number of thiophene rings is 1. The second kappa shape index (κ2) is 10.2. The lowest BCUT2D eigenvalue weighted by atomic mass is 9.95. The van der Waals surface area contributed by atoms with E-state index in [0.29, 0.717) is 0 Å². The topological polar surface area (TPSA) is 12.0 Å². The van der Waals surface area contributed by atoms with Crippen LogP contribution in [-0.2, 0) is 0 Å². The van der Waals surface area contributed by atoms with Gasteiger partial charge < -0.3 is 5.32 Å². The van der Waals surface area contributed by atoms with Crippen molar-refractivity contribution in [2.75, 3.05) is 5.32 Å². The van der Waals surface area contributed by atoms with Crippen LogP contribution in [0.2, 0.25) is 0 Å². The fourth-order valence-electron chi connectivity index (χ4n) is 5.22. The van der Waals surface area contributed by atoms with Crippen LogP contribution in [0.3, 0.4) is 0 Å². The highest BCUT2D eigenvalue weighted by Gasteiger charge is 2.16. The maximum atomic E-state index is 3.75. The first-order chi connectivity index (χ1) is 19.2. The third-order valence-corrected chi connectivity index (χ3v) is 8.83. The zero-order valence-corrected chi connectivity index (χ0v) is 23.5. The summed E-state index contributed by atoms with van der Waals surface area (Å²) in [6, 6.07) is 49.8. The zero-order chi connectivity index (χ0) is 26.2. The van der Waals surface area contributed by atoms with Crippen molar-refractivity contribution < 1.29 is 0 Å². The summed E-state index contributed by atoms with van der Waals surface area (Å²) in [7, 11) is 0. The lowest BCUT2D eigenvalue weighted by Crippen LogP contribution is -1.94. The Labute approximate surface area is 240 Å². The summed E-state index contributed by atoms with van der Waals surface area (Å²) in [6.07, 6.45) is 0. The number of nitrogens with one attached hydrogen (secondary N) is 1. The van der Waals surface area contributed by atoms with Crippen LogP contribution >= 0.6 is 27.3 Å². The highest BCUT2D eigenvalue weighted by atomic mass is 79.9. The number of fused-ring (bicyclic) bond motifs is 3. The first-order valence-corrected chi connectivity index (χ1v) is 14.6. The van der Waals surface area contributed by atoms with Crippen molar-refractivity contribution in [1.82, 2.24) is 0 Å². The van der Waals surface area contributed by atoms with Crippen molar-refractivity contribution >= 4 is 58.8 Å². The van der Waals surface area contributed by atoms with Crippen LogP contribution in [0, 0.1) is 0 Å². The summed E-state index contributed by atoms with van der Waals surface area (Å²) in [5.41, 5.74) is 9.47.